The van der Waals surface area contributed by atoms with Gasteiger partial charge in [0.1, 0.15) is 0 Å². The highest BCUT2D eigenvalue weighted by atomic mass is 35.5. The van der Waals surface area contributed by atoms with Gasteiger partial charge in [-0.25, -0.2) is 9.98 Å². The van der Waals surface area contributed by atoms with E-state index in [1.807, 2.05) is 0 Å². The van der Waals surface area contributed by atoms with Crippen molar-refractivity contribution in [3.63, 3.8) is 0 Å². The third-order valence-corrected chi connectivity index (χ3v) is 5.90. The number of aromatic nitrogens is 1. The molecule has 0 atom stereocenters. The summed E-state index contributed by atoms with van der Waals surface area (Å²) in [6, 6.07) is 4.89. The van der Waals surface area contributed by atoms with Gasteiger partial charge in [0.25, 0.3) is 5.91 Å². The zero-order chi connectivity index (χ0) is 21.0. The van der Waals surface area contributed by atoms with Crippen LogP contribution in [0, 0.1) is 0 Å². The molecule has 0 aliphatic carbocycles. The fourth-order valence-corrected chi connectivity index (χ4v) is 4.07. The molecular weight excluding hydrogens is 459 g/mol. The summed E-state index contributed by atoms with van der Waals surface area (Å²) in [5.41, 5.74) is 0.549. The molecule has 3 rings (SSSR count). The summed E-state index contributed by atoms with van der Waals surface area (Å²) in [5.74, 6) is -1.80. The summed E-state index contributed by atoms with van der Waals surface area (Å²) < 4.78 is 0. The Kier molecular flexibility index (Phi) is 6.91. The molecule has 0 bridgehead atoms. The van der Waals surface area contributed by atoms with Crippen LogP contribution >= 0.6 is 46.3 Å². The van der Waals surface area contributed by atoms with Crippen LogP contribution in [0.25, 0.3) is 6.08 Å². The molecule has 1 aromatic heterocycles. The molecule has 0 unspecified atom stereocenters. The number of carbonyl (C=O) groups is 3. The minimum atomic E-state index is -1.05. The van der Waals surface area contributed by atoms with Gasteiger partial charge in [0.2, 0.25) is 5.91 Å². The molecule has 1 aliphatic heterocycles. The molecule has 0 saturated carbocycles. The molecule has 0 radical (unpaired) electrons. The lowest BCUT2D eigenvalue weighted by Crippen LogP contribution is -2.19. The Morgan fingerprint density at radius 2 is 2.07 bits per heavy atom. The Balaban J connectivity index is 1.66. The van der Waals surface area contributed by atoms with Gasteiger partial charge in [0, 0.05) is 12.6 Å². The minimum Gasteiger partial charge on any atom is -0.481 e. The van der Waals surface area contributed by atoms with Crippen LogP contribution in [0.3, 0.4) is 0 Å². The second-order valence-electron chi connectivity index (χ2n) is 5.59. The van der Waals surface area contributed by atoms with E-state index in [4.69, 9.17) is 28.3 Å². The highest BCUT2D eigenvalue weighted by Crippen LogP contribution is 2.32. The van der Waals surface area contributed by atoms with Crippen molar-refractivity contribution in [1.82, 2.24) is 10.3 Å². The largest absolute Gasteiger partial charge is 0.481 e. The van der Waals surface area contributed by atoms with E-state index < -0.39 is 11.9 Å². The van der Waals surface area contributed by atoms with Gasteiger partial charge in [-0.15, -0.1) is 0 Å². The van der Waals surface area contributed by atoms with Crippen molar-refractivity contribution in [2.75, 3.05) is 5.32 Å². The summed E-state index contributed by atoms with van der Waals surface area (Å²) in [7, 11) is 0. The van der Waals surface area contributed by atoms with E-state index >= 15 is 0 Å². The molecule has 0 spiro atoms. The maximum atomic E-state index is 12.2. The summed E-state index contributed by atoms with van der Waals surface area (Å²) >= 11 is 14.2. The second-order valence-corrected chi connectivity index (χ2v) is 8.50. The number of rotatable bonds is 6. The van der Waals surface area contributed by atoms with Crippen LogP contribution in [0.2, 0.25) is 10.0 Å². The first-order valence-corrected chi connectivity index (χ1v) is 10.4. The second kappa shape index (κ2) is 9.40. The number of nitrogens with one attached hydrogen (secondary N) is 2. The lowest BCUT2D eigenvalue weighted by atomic mass is 10.3. The standard InChI is InChI=1S/C17H12Cl2N4O4S2/c18-10-2-1-8(5-11(10)19)21-17-23-15(27)12(29-17)6-9-7-20-16(28-9)22-13(24)3-4-14(25)26/h1-2,5-7H,3-4H2,(H,25,26)(H,20,22,24)(H,21,23,27). The fourth-order valence-electron chi connectivity index (χ4n) is 2.09. The number of hydrogen-bond acceptors (Lipinski definition) is 7. The molecule has 2 heterocycles. The van der Waals surface area contributed by atoms with Gasteiger partial charge in [-0.3, -0.25) is 14.4 Å². The number of aliphatic carboxylic acids is 1. The van der Waals surface area contributed by atoms with Gasteiger partial charge >= 0.3 is 5.97 Å². The molecule has 1 aliphatic rings. The number of hydrogen-bond donors (Lipinski definition) is 3. The normalized spacial score (nSPS) is 16.3. The number of halogens is 2. The summed E-state index contributed by atoms with van der Waals surface area (Å²) in [4.78, 5) is 43.8. The van der Waals surface area contributed by atoms with Crippen LogP contribution in [0.15, 0.2) is 34.3 Å². The molecule has 29 heavy (non-hydrogen) atoms. The molecular formula is C17H12Cl2N4O4S2. The van der Waals surface area contributed by atoms with Gasteiger partial charge in [-0.05, 0) is 36.0 Å². The van der Waals surface area contributed by atoms with Crippen molar-refractivity contribution in [3.8, 4) is 0 Å². The molecule has 1 fully saturated rings. The number of amides is 2. The summed E-state index contributed by atoms with van der Waals surface area (Å²) in [5, 5.41) is 15.3. The zero-order valence-electron chi connectivity index (χ0n) is 14.4. The number of carbonyl (C=O) groups excluding carboxylic acids is 2. The number of amidine groups is 1. The van der Waals surface area contributed by atoms with Crippen molar-refractivity contribution in [1.29, 1.82) is 0 Å². The van der Waals surface area contributed by atoms with E-state index in [1.165, 1.54) is 6.20 Å². The first-order chi connectivity index (χ1) is 13.8. The van der Waals surface area contributed by atoms with E-state index in [0.29, 0.717) is 35.8 Å². The molecule has 150 valence electrons. The quantitative estimate of drug-likeness (QED) is 0.545. The summed E-state index contributed by atoms with van der Waals surface area (Å²) in [6.07, 6.45) is 2.73. The Bertz CT molecular complexity index is 1050. The number of thiazole rings is 1. The number of aliphatic imine (C=N–C) groups is 1. The maximum absolute atomic E-state index is 12.2. The molecule has 2 amide bonds. The number of carboxylic acid groups (broad SMARTS) is 1. The lowest BCUT2D eigenvalue weighted by molar-refractivity contribution is -0.138. The van der Waals surface area contributed by atoms with Crippen LogP contribution in [0.5, 0.6) is 0 Å². The van der Waals surface area contributed by atoms with Crippen molar-refractivity contribution in [2.45, 2.75) is 12.8 Å². The third-order valence-electron chi connectivity index (χ3n) is 3.39. The summed E-state index contributed by atoms with van der Waals surface area (Å²) in [6.45, 7) is 0. The van der Waals surface area contributed by atoms with Crippen LogP contribution in [-0.2, 0) is 14.4 Å². The Hall–Kier alpha value is -2.40. The number of nitrogens with zero attached hydrogens (tertiary/aromatic N) is 2. The smallest absolute Gasteiger partial charge is 0.303 e. The van der Waals surface area contributed by atoms with Gasteiger partial charge < -0.3 is 15.7 Å². The van der Waals surface area contributed by atoms with E-state index in [1.54, 1.807) is 24.3 Å². The predicted octanol–water partition coefficient (Wildman–Crippen LogP) is 4.14. The predicted molar refractivity (Wildman–Crippen MR) is 115 cm³/mol. The van der Waals surface area contributed by atoms with Gasteiger partial charge in [-0.2, -0.15) is 0 Å². The lowest BCUT2D eigenvalue weighted by Gasteiger charge is -1.98. The SMILES string of the molecule is O=C(O)CCC(=O)Nc1ncc(C=C2SC(=Nc3ccc(Cl)c(Cl)c3)NC2=O)s1. The molecule has 3 N–H and O–H groups in total. The Morgan fingerprint density at radius 1 is 1.28 bits per heavy atom. The maximum Gasteiger partial charge on any atom is 0.303 e. The van der Waals surface area contributed by atoms with Crippen molar-refractivity contribution in [3.05, 3.63) is 44.2 Å². The van der Waals surface area contributed by atoms with Crippen LogP contribution < -0.4 is 10.6 Å². The van der Waals surface area contributed by atoms with Crippen LogP contribution in [-0.4, -0.2) is 33.0 Å². The van der Waals surface area contributed by atoms with Crippen molar-refractivity contribution < 1.29 is 19.5 Å². The molecule has 1 saturated heterocycles. The van der Waals surface area contributed by atoms with Crippen LogP contribution in [0.4, 0.5) is 10.8 Å². The number of benzene rings is 1. The van der Waals surface area contributed by atoms with Gasteiger partial charge in [0.15, 0.2) is 10.3 Å². The Morgan fingerprint density at radius 3 is 2.79 bits per heavy atom. The van der Waals surface area contributed by atoms with E-state index in [0.717, 1.165) is 23.1 Å². The Labute approximate surface area is 183 Å². The zero-order valence-corrected chi connectivity index (χ0v) is 17.6. The molecule has 8 nitrogen and oxygen atoms in total. The van der Waals surface area contributed by atoms with Gasteiger partial charge in [-0.1, -0.05) is 34.5 Å². The van der Waals surface area contributed by atoms with E-state index in [9.17, 15) is 14.4 Å². The topological polar surface area (TPSA) is 121 Å². The highest BCUT2D eigenvalue weighted by molar-refractivity contribution is 8.18. The monoisotopic (exact) mass is 470 g/mol. The first-order valence-electron chi connectivity index (χ1n) is 8.02. The first kappa shape index (κ1) is 21.3. The van der Waals surface area contributed by atoms with E-state index in [-0.39, 0.29) is 18.7 Å². The van der Waals surface area contributed by atoms with Crippen molar-refractivity contribution >= 4 is 86.1 Å². The number of carboxylic acids is 1. The molecule has 12 heteroatoms. The minimum absolute atomic E-state index is 0.141. The average molecular weight is 471 g/mol. The third kappa shape index (κ3) is 6.04. The van der Waals surface area contributed by atoms with Crippen LogP contribution in [0.1, 0.15) is 17.7 Å². The fraction of sp³-hybridized carbons (Fsp3) is 0.118. The highest BCUT2D eigenvalue weighted by Gasteiger charge is 2.24. The number of thioether (sulfide) groups is 1. The van der Waals surface area contributed by atoms with E-state index in [2.05, 4.69) is 20.6 Å². The van der Waals surface area contributed by atoms with Gasteiger partial charge in [0.05, 0.1) is 31.9 Å². The average Bonchev–Trinajstić information content (AvgIpc) is 3.23. The molecule has 2 aromatic rings. The van der Waals surface area contributed by atoms with Crippen molar-refractivity contribution in [2.24, 2.45) is 4.99 Å². The number of anilines is 1. The molecule has 1 aromatic carbocycles.